The largest absolute Gasteiger partial charge is 0.301 e. The number of halogens is 1. The Kier molecular flexibility index (Phi) is 5.26. The number of amides is 1. The zero-order valence-electron chi connectivity index (χ0n) is 14.0. The average Bonchev–Trinajstić information content (AvgIpc) is 2.86. The molecule has 2 heterocycles. The molecule has 0 aliphatic carbocycles. The van der Waals surface area contributed by atoms with Gasteiger partial charge in [0, 0.05) is 4.88 Å². The fraction of sp³-hybridized carbons (Fsp3) is 0.444. The van der Waals surface area contributed by atoms with Crippen molar-refractivity contribution in [2.75, 3.05) is 25.0 Å². The van der Waals surface area contributed by atoms with E-state index in [9.17, 15) is 9.18 Å². The Morgan fingerprint density at radius 2 is 1.96 bits per heavy atom. The smallest absolute Gasteiger partial charge is 0.240 e. The average molecular weight is 347 g/mol. The third-order valence-electron chi connectivity index (χ3n) is 4.57. The number of piperidine rings is 1. The third kappa shape index (κ3) is 4.19. The van der Waals surface area contributed by atoms with Gasteiger partial charge in [-0.3, -0.25) is 9.69 Å². The first-order valence-corrected chi connectivity index (χ1v) is 9.04. The summed E-state index contributed by atoms with van der Waals surface area (Å²) in [4.78, 5) is 19.8. The first-order chi connectivity index (χ1) is 11.5. The van der Waals surface area contributed by atoms with Gasteiger partial charge in [0.2, 0.25) is 5.91 Å². The maximum atomic E-state index is 13.0. The molecule has 0 bridgehead atoms. The second kappa shape index (κ2) is 7.40. The molecule has 1 aromatic carbocycles. The normalized spacial score (nSPS) is 16.3. The van der Waals surface area contributed by atoms with Gasteiger partial charge in [-0.2, -0.15) is 0 Å². The lowest BCUT2D eigenvalue weighted by Crippen LogP contribution is -2.38. The maximum Gasteiger partial charge on any atom is 0.240 e. The van der Waals surface area contributed by atoms with Crippen molar-refractivity contribution in [3.05, 3.63) is 46.2 Å². The number of likely N-dealkylation sites (tertiary alicyclic amines) is 1. The minimum atomic E-state index is -0.194. The van der Waals surface area contributed by atoms with Crippen LogP contribution in [-0.4, -0.2) is 35.4 Å². The van der Waals surface area contributed by atoms with Crippen LogP contribution in [0.4, 0.5) is 9.52 Å². The first kappa shape index (κ1) is 17.0. The van der Waals surface area contributed by atoms with E-state index in [-0.39, 0.29) is 11.7 Å². The van der Waals surface area contributed by atoms with Crippen molar-refractivity contribution in [2.45, 2.75) is 32.6 Å². The van der Waals surface area contributed by atoms with E-state index in [0.717, 1.165) is 36.5 Å². The number of carbonyl (C=O) groups is 1. The van der Waals surface area contributed by atoms with Crippen LogP contribution in [0.1, 0.15) is 34.9 Å². The van der Waals surface area contributed by atoms with Gasteiger partial charge in [-0.25, -0.2) is 9.37 Å². The number of aryl methyl sites for hydroxylation is 2. The number of benzene rings is 1. The predicted octanol–water partition coefficient (Wildman–Crippen LogP) is 3.72. The monoisotopic (exact) mass is 347 g/mol. The summed E-state index contributed by atoms with van der Waals surface area (Å²) < 4.78 is 13.0. The predicted molar refractivity (Wildman–Crippen MR) is 95.0 cm³/mol. The Morgan fingerprint density at radius 3 is 2.54 bits per heavy atom. The number of thiazole rings is 1. The summed E-state index contributed by atoms with van der Waals surface area (Å²) in [7, 11) is 0. The van der Waals surface area contributed by atoms with Crippen LogP contribution >= 0.6 is 11.3 Å². The molecule has 4 nitrogen and oxygen atoms in total. The molecular weight excluding hydrogens is 325 g/mol. The van der Waals surface area contributed by atoms with Crippen molar-refractivity contribution >= 4 is 22.4 Å². The molecule has 0 radical (unpaired) electrons. The van der Waals surface area contributed by atoms with Crippen molar-refractivity contribution in [2.24, 2.45) is 0 Å². The summed E-state index contributed by atoms with van der Waals surface area (Å²) in [5.74, 6) is 0.249. The highest BCUT2D eigenvalue weighted by Gasteiger charge is 2.22. The Morgan fingerprint density at radius 1 is 1.29 bits per heavy atom. The molecule has 1 aromatic heterocycles. The van der Waals surface area contributed by atoms with Crippen molar-refractivity contribution in [1.29, 1.82) is 0 Å². The number of rotatable bonds is 4. The number of hydrogen-bond donors (Lipinski definition) is 1. The Labute approximate surface area is 145 Å². The molecule has 3 rings (SSSR count). The molecule has 1 aliphatic rings. The Balaban J connectivity index is 1.48. The molecular formula is C18H22FN3OS. The zero-order chi connectivity index (χ0) is 17.1. The fourth-order valence-electron chi connectivity index (χ4n) is 3.05. The van der Waals surface area contributed by atoms with Gasteiger partial charge in [0.25, 0.3) is 0 Å². The van der Waals surface area contributed by atoms with Gasteiger partial charge in [-0.05, 0) is 63.4 Å². The minimum absolute atomic E-state index is 0.0102. The summed E-state index contributed by atoms with van der Waals surface area (Å²) in [5, 5.41) is 3.56. The molecule has 1 saturated heterocycles. The van der Waals surface area contributed by atoms with E-state index in [4.69, 9.17) is 0 Å². The molecule has 1 N–H and O–H groups in total. The van der Waals surface area contributed by atoms with Crippen molar-refractivity contribution in [3.8, 4) is 0 Å². The summed E-state index contributed by atoms with van der Waals surface area (Å²) in [6.45, 7) is 6.11. The number of nitrogens with one attached hydrogen (secondary N) is 1. The lowest BCUT2D eigenvalue weighted by atomic mass is 9.89. The van der Waals surface area contributed by atoms with Gasteiger partial charge < -0.3 is 5.32 Å². The molecule has 0 saturated carbocycles. The number of hydrogen-bond acceptors (Lipinski definition) is 4. The van der Waals surface area contributed by atoms with E-state index in [2.05, 4.69) is 15.2 Å². The summed E-state index contributed by atoms with van der Waals surface area (Å²) in [5.41, 5.74) is 2.16. The summed E-state index contributed by atoms with van der Waals surface area (Å²) >= 11 is 1.51. The highest BCUT2D eigenvalue weighted by atomic mass is 32.1. The van der Waals surface area contributed by atoms with Gasteiger partial charge >= 0.3 is 0 Å². The Hall–Kier alpha value is -1.79. The van der Waals surface area contributed by atoms with Crippen molar-refractivity contribution < 1.29 is 9.18 Å². The van der Waals surface area contributed by atoms with Gasteiger partial charge in [0.1, 0.15) is 5.82 Å². The standard InChI is InChI=1S/C18H22FN3OS/c1-12-13(2)24-18(20-12)21-17(23)11-22-9-7-15(8-10-22)14-3-5-16(19)6-4-14/h3-6,15H,7-11H2,1-2H3,(H,20,21,23). The molecule has 6 heteroatoms. The van der Waals surface area contributed by atoms with Crippen molar-refractivity contribution in [3.63, 3.8) is 0 Å². The van der Waals surface area contributed by atoms with Crippen LogP contribution in [0.25, 0.3) is 0 Å². The molecule has 2 aromatic rings. The molecule has 1 amide bonds. The van der Waals surface area contributed by atoms with E-state index >= 15 is 0 Å². The lowest BCUT2D eigenvalue weighted by Gasteiger charge is -2.31. The SMILES string of the molecule is Cc1nc(NC(=O)CN2CCC(c3ccc(F)cc3)CC2)sc1C. The quantitative estimate of drug-likeness (QED) is 0.917. The van der Waals surface area contributed by atoms with Crippen LogP contribution in [0.2, 0.25) is 0 Å². The maximum absolute atomic E-state index is 13.0. The van der Waals surface area contributed by atoms with Crippen LogP contribution in [0.5, 0.6) is 0 Å². The molecule has 0 unspecified atom stereocenters. The summed E-state index contributed by atoms with van der Waals surface area (Å²) in [6, 6.07) is 6.78. The topological polar surface area (TPSA) is 45.2 Å². The van der Waals surface area contributed by atoms with E-state index < -0.39 is 0 Å². The van der Waals surface area contributed by atoms with Gasteiger partial charge in [-0.1, -0.05) is 12.1 Å². The number of nitrogens with zero attached hydrogens (tertiary/aromatic N) is 2. The molecule has 1 aliphatic heterocycles. The highest BCUT2D eigenvalue weighted by Crippen LogP contribution is 2.28. The summed E-state index contributed by atoms with van der Waals surface area (Å²) in [6.07, 6.45) is 1.99. The van der Waals surface area contributed by atoms with Crippen LogP contribution in [-0.2, 0) is 4.79 Å². The number of anilines is 1. The lowest BCUT2D eigenvalue weighted by molar-refractivity contribution is -0.117. The van der Waals surface area contributed by atoms with Crippen molar-refractivity contribution in [1.82, 2.24) is 9.88 Å². The molecule has 0 spiro atoms. The van der Waals surface area contributed by atoms with E-state index in [1.54, 1.807) is 0 Å². The van der Waals surface area contributed by atoms with Crippen LogP contribution < -0.4 is 5.32 Å². The molecule has 0 atom stereocenters. The van der Waals surface area contributed by atoms with Gasteiger partial charge in [0.15, 0.2) is 5.13 Å². The number of carbonyl (C=O) groups excluding carboxylic acids is 1. The molecule has 128 valence electrons. The minimum Gasteiger partial charge on any atom is -0.301 e. The van der Waals surface area contributed by atoms with Crippen LogP contribution in [0.15, 0.2) is 24.3 Å². The zero-order valence-corrected chi connectivity index (χ0v) is 14.8. The first-order valence-electron chi connectivity index (χ1n) is 8.23. The Bertz CT molecular complexity index is 686. The van der Waals surface area contributed by atoms with E-state index in [1.807, 2.05) is 26.0 Å². The van der Waals surface area contributed by atoms with E-state index in [0.29, 0.717) is 17.6 Å². The van der Waals surface area contributed by atoms with Crippen LogP contribution in [0.3, 0.4) is 0 Å². The third-order valence-corrected chi connectivity index (χ3v) is 5.56. The van der Waals surface area contributed by atoms with Gasteiger partial charge in [0.05, 0.1) is 12.2 Å². The second-order valence-corrected chi connectivity index (χ2v) is 7.51. The van der Waals surface area contributed by atoms with E-state index in [1.165, 1.54) is 29.0 Å². The molecule has 24 heavy (non-hydrogen) atoms. The highest BCUT2D eigenvalue weighted by molar-refractivity contribution is 7.15. The van der Waals surface area contributed by atoms with Crippen LogP contribution in [0, 0.1) is 19.7 Å². The second-order valence-electron chi connectivity index (χ2n) is 6.31. The number of aromatic nitrogens is 1. The molecule has 1 fully saturated rings. The van der Waals surface area contributed by atoms with Gasteiger partial charge in [-0.15, -0.1) is 11.3 Å². The fourth-order valence-corrected chi connectivity index (χ4v) is 3.88.